The molecule has 0 saturated heterocycles. The van der Waals surface area contributed by atoms with E-state index in [1.807, 2.05) is 13.8 Å². The molecule has 5 nitrogen and oxygen atoms in total. The highest BCUT2D eigenvalue weighted by Gasteiger charge is 2.14. The number of rotatable bonds is 8. The van der Waals surface area contributed by atoms with Crippen LogP contribution < -0.4 is 10.0 Å². The van der Waals surface area contributed by atoms with Gasteiger partial charge in [-0.1, -0.05) is 37.6 Å². The third-order valence-corrected chi connectivity index (χ3v) is 5.49. The Balaban J connectivity index is 1.90. The van der Waals surface area contributed by atoms with Crippen LogP contribution in [0.1, 0.15) is 25.8 Å². The van der Waals surface area contributed by atoms with E-state index in [2.05, 4.69) is 10.0 Å². The van der Waals surface area contributed by atoms with Gasteiger partial charge in [-0.3, -0.25) is 4.79 Å². The second kappa shape index (κ2) is 9.30. The van der Waals surface area contributed by atoms with Crippen molar-refractivity contribution in [1.82, 2.24) is 4.72 Å². The van der Waals surface area contributed by atoms with Crippen LogP contribution in [0.15, 0.2) is 47.4 Å². The third-order valence-electron chi connectivity index (χ3n) is 3.76. The van der Waals surface area contributed by atoms with Crippen LogP contribution in [0, 0.1) is 11.7 Å². The fraction of sp³-hybridized carbons (Fsp3) is 0.316. The summed E-state index contributed by atoms with van der Waals surface area (Å²) < 4.78 is 40.0. The second-order valence-electron chi connectivity index (χ2n) is 6.57. The number of hydrogen-bond acceptors (Lipinski definition) is 3. The van der Waals surface area contributed by atoms with Gasteiger partial charge in [-0.15, -0.1) is 0 Å². The Morgan fingerprint density at radius 1 is 1.15 bits per heavy atom. The first-order chi connectivity index (χ1) is 12.7. The lowest BCUT2D eigenvalue weighted by Gasteiger charge is -2.10. The van der Waals surface area contributed by atoms with Gasteiger partial charge in [-0.25, -0.2) is 17.5 Å². The van der Waals surface area contributed by atoms with Gasteiger partial charge in [0.25, 0.3) is 0 Å². The molecule has 0 aliphatic rings. The second-order valence-corrected chi connectivity index (χ2v) is 8.74. The average molecular weight is 413 g/mol. The van der Waals surface area contributed by atoms with Gasteiger partial charge in [0, 0.05) is 18.7 Å². The van der Waals surface area contributed by atoms with Crippen molar-refractivity contribution in [3.8, 4) is 0 Å². The van der Waals surface area contributed by atoms with Crippen molar-refractivity contribution < 1.29 is 17.6 Å². The molecule has 0 radical (unpaired) electrons. The van der Waals surface area contributed by atoms with Crippen molar-refractivity contribution in [2.24, 2.45) is 5.92 Å². The van der Waals surface area contributed by atoms with Gasteiger partial charge in [-0.05, 0) is 48.2 Å². The van der Waals surface area contributed by atoms with E-state index in [-0.39, 0.29) is 28.2 Å². The number of halogens is 2. The first kappa shape index (κ1) is 21.3. The van der Waals surface area contributed by atoms with Gasteiger partial charge in [0.2, 0.25) is 15.9 Å². The molecule has 27 heavy (non-hydrogen) atoms. The molecule has 0 spiro atoms. The Bertz CT molecular complexity index is 900. The molecule has 0 aliphatic heterocycles. The monoisotopic (exact) mass is 412 g/mol. The van der Waals surface area contributed by atoms with E-state index in [9.17, 15) is 17.6 Å². The van der Waals surface area contributed by atoms with Gasteiger partial charge in [0.05, 0.1) is 9.92 Å². The minimum Gasteiger partial charge on any atom is -0.326 e. The van der Waals surface area contributed by atoms with Crippen LogP contribution >= 0.6 is 11.6 Å². The summed E-state index contributed by atoms with van der Waals surface area (Å²) in [5.41, 5.74) is 1.26. The standard InChI is InChI=1S/C19H22ClFN2O3S/c1-13(2)12-22-27(25,26)16-7-3-14(4-8-16)5-10-19(24)23-15-6-9-18(21)17(20)11-15/h3-4,6-9,11,13,22H,5,10,12H2,1-2H3,(H,23,24). The molecule has 146 valence electrons. The molecular weight excluding hydrogens is 391 g/mol. The third kappa shape index (κ3) is 6.61. The van der Waals surface area contributed by atoms with Gasteiger partial charge in [0.1, 0.15) is 5.82 Å². The van der Waals surface area contributed by atoms with Gasteiger partial charge >= 0.3 is 0 Å². The Morgan fingerprint density at radius 3 is 2.41 bits per heavy atom. The van der Waals surface area contributed by atoms with E-state index in [1.165, 1.54) is 30.3 Å². The zero-order valence-corrected chi connectivity index (χ0v) is 16.7. The number of aryl methyl sites for hydroxylation is 1. The summed E-state index contributed by atoms with van der Waals surface area (Å²) in [5.74, 6) is -0.575. The minimum atomic E-state index is -3.52. The number of carbonyl (C=O) groups excluding carboxylic acids is 1. The summed E-state index contributed by atoms with van der Waals surface area (Å²) in [7, 11) is -3.52. The Kier molecular flexibility index (Phi) is 7.35. The quantitative estimate of drug-likeness (QED) is 0.688. The summed E-state index contributed by atoms with van der Waals surface area (Å²) in [6.45, 7) is 4.23. The van der Waals surface area contributed by atoms with Crippen molar-refractivity contribution in [1.29, 1.82) is 0 Å². The van der Waals surface area contributed by atoms with Gasteiger partial charge < -0.3 is 5.32 Å². The van der Waals surface area contributed by atoms with Crippen molar-refractivity contribution in [2.45, 2.75) is 31.6 Å². The highest BCUT2D eigenvalue weighted by molar-refractivity contribution is 7.89. The van der Waals surface area contributed by atoms with E-state index in [0.29, 0.717) is 18.7 Å². The van der Waals surface area contributed by atoms with Crippen LogP contribution in [0.4, 0.5) is 10.1 Å². The van der Waals surface area contributed by atoms with E-state index < -0.39 is 15.8 Å². The zero-order valence-electron chi connectivity index (χ0n) is 15.1. The largest absolute Gasteiger partial charge is 0.326 e. The first-order valence-electron chi connectivity index (χ1n) is 8.51. The molecule has 0 aliphatic carbocycles. The Morgan fingerprint density at radius 2 is 1.81 bits per heavy atom. The highest BCUT2D eigenvalue weighted by atomic mass is 35.5. The van der Waals surface area contributed by atoms with Crippen LogP contribution in [-0.4, -0.2) is 20.9 Å². The lowest BCUT2D eigenvalue weighted by atomic mass is 10.1. The van der Waals surface area contributed by atoms with Crippen LogP contribution in [-0.2, 0) is 21.2 Å². The topological polar surface area (TPSA) is 75.3 Å². The lowest BCUT2D eigenvalue weighted by Crippen LogP contribution is -2.27. The molecule has 2 aromatic rings. The molecule has 1 amide bonds. The number of nitrogens with one attached hydrogen (secondary N) is 2. The van der Waals surface area contributed by atoms with Crippen molar-refractivity contribution in [3.63, 3.8) is 0 Å². The maximum atomic E-state index is 13.1. The number of benzene rings is 2. The number of amides is 1. The van der Waals surface area contributed by atoms with Crippen molar-refractivity contribution in [2.75, 3.05) is 11.9 Å². The van der Waals surface area contributed by atoms with E-state index in [0.717, 1.165) is 5.56 Å². The molecule has 0 aromatic heterocycles. The van der Waals surface area contributed by atoms with Crippen LogP contribution in [0.3, 0.4) is 0 Å². The van der Waals surface area contributed by atoms with Crippen molar-refractivity contribution in [3.05, 3.63) is 58.9 Å². The Hall–Kier alpha value is -1.96. The number of sulfonamides is 1. The van der Waals surface area contributed by atoms with E-state index in [1.54, 1.807) is 12.1 Å². The van der Waals surface area contributed by atoms with Crippen LogP contribution in [0.25, 0.3) is 0 Å². The van der Waals surface area contributed by atoms with E-state index in [4.69, 9.17) is 11.6 Å². The fourth-order valence-electron chi connectivity index (χ4n) is 2.25. The van der Waals surface area contributed by atoms with Gasteiger partial charge in [-0.2, -0.15) is 0 Å². The molecular formula is C19H22ClFN2O3S. The minimum absolute atomic E-state index is 0.0596. The predicted octanol–water partition coefficient (Wildman–Crippen LogP) is 3.98. The summed E-state index contributed by atoms with van der Waals surface area (Å²) in [5, 5.41) is 2.59. The smallest absolute Gasteiger partial charge is 0.240 e. The molecule has 2 rings (SSSR count). The fourth-order valence-corrected chi connectivity index (χ4v) is 3.64. The molecule has 2 N–H and O–H groups in total. The lowest BCUT2D eigenvalue weighted by molar-refractivity contribution is -0.116. The normalized spacial score (nSPS) is 11.6. The molecule has 0 saturated carbocycles. The number of anilines is 1. The summed E-state index contributed by atoms with van der Waals surface area (Å²) in [6, 6.07) is 10.4. The molecule has 0 bridgehead atoms. The molecule has 0 atom stereocenters. The molecule has 8 heteroatoms. The van der Waals surface area contributed by atoms with Crippen LogP contribution in [0.2, 0.25) is 5.02 Å². The first-order valence-corrected chi connectivity index (χ1v) is 10.4. The summed E-state index contributed by atoms with van der Waals surface area (Å²) >= 11 is 5.68. The SMILES string of the molecule is CC(C)CNS(=O)(=O)c1ccc(CCC(=O)Nc2ccc(F)c(Cl)c2)cc1. The Labute approximate surface area is 164 Å². The molecule has 0 fully saturated rings. The van der Waals surface area contributed by atoms with Gasteiger partial charge in [0.15, 0.2) is 0 Å². The molecule has 0 unspecified atom stereocenters. The number of carbonyl (C=O) groups is 1. The van der Waals surface area contributed by atoms with Crippen LogP contribution in [0.5, 0.6) is 0 Å². The maximum Gasteiger partial charge on any atom is 0.240 e. The summed E-state index contributed by atoms with van der Waals surface area (Å²) in [6.07, 6.45) is 0.646. The predicted molar refractivity (Wildman–Crippen MR) is 105 cm³/mol. The van der Waals surface area contributed by atoms with E-state index >= 15 is 0 Å². The average Bonchev–Trinajstić information content (AvgIpc) is 2.62. The molecule has 2 aromatic carbocycles. The number of hydrogen-bond donors (Lipinski definition) is 2. The highest BCUT2D eigenvalue weighted by Crippen LogP contribution is 2.19. The molecule has 0 heterocycles. The van der Waals surface area contributed by atoms with Crippen molar-refractivity contribution >= 4 is 33.2 Å². The maximum absolute atomic E-state index is 13.1. The summed E-state index contributed by atoms with van der Waals surface area (Å²) in [4.78, 5) is 12.2. The zero-order chi connectivity index (χ0) is 20.0.